The molecular weight excluding hydrogens is 428 g/mol. The van der Waals surface area contributed by atoms with Gasteiger partial charge in [-0.15, -0.1) is 0 Å². The van der Waals surface area contributed by atoms with Crippen molar-refractivity contribution in [1.82, 2.24) is 0 Å². The molecule has 0 spiro atoms. The molecule has 8 nitrogen and oxygen atoms in total. The minimum Gasteiger partial charge on any atom is -0.491 e. The van der Waals surface area contributed by atoms with Gasteiger partial charge in [0.25, 0.3) is 0 Å². The molecule has 178 valence electrons. The minimum atomic E-state index is -0.473. The van der Waals surface area contributed by atoms with E-state index >= 15 is 0 Å². The first-order valence-corrected chi connectivity index (χ1v) is 10.6. The Labute approximate surface area is 193 Å². The van der Waals surface area contributed by atoms with Crippen molar-refractivity contribution in [1.29, 1.82) is 0 Å². The summed E-state index contributed by atoms with van der Waals surface area (Å²) in [5, 5.41) is 1.86. The summed E-state index contributed by atoms with van der Waals surface area (Å²) in [4.78, 5) is 21.9. The number of hydrogen-bond donors (Lipinski definition) is 0. The van der Waals surface area contributed by atoms with Crippen molar-refractivity contribution < 1.29 is 38.0 Å². The van der Waals surface area contributed by atoms with Crippen LogP contribution < -0.4 is 9.47 Å². The summed E-state index contributed by atoms with van der Waals surface area (Å²) in [7, 11) is 0. The zero-order chi connectivity index (χ0) is 23.9. The highest BCUT2D eigenvalue weighted by atomic mass is 16.6. The van der Waals surface area contributed by atoms with Gasteiger partial charge in [-0.3, -0.25) is 0 Å². The number of fused-ring (bicyclic) bond motifs is 1. The Morgan fingerprint density at radius 2 is 1.27 bits per heavy atom. The van der Waals surface area contributed by atoms with Crippen LogP contribution in [0.4, 0.5) is 0 Å². The maximum Gasteiger partial charge on any atom is 0.330 e. The highest BCUT2D eigenvalue weighted by Gasteiger charge is 2.12. The van der Waals surface area contributed by atoms with Crippen LogP contribution in [-0.2, 0) is 28.5 Å². The summed E-state index contributed by atoms with van der Waals surface area (Å²) in [6, 6.07) is 9.75. The lowest BCUT2D eigenvalue weighted by Gasteiger charge is -2.16. The van der Waals surface area contributed by atoms with Crippen LogP contribution in [0, 0.1) is 6.92 Å². The Kier molecular flexibility index (Phi) is 11.5. The van der Waals surface area contributed by atoms with E-state index in [1.54, 1.807) is 0 Å². The van der Waals surface area contributed by atoms with E-state index in [1.807, 2.05) is 37.3 Å². The van der Waals surface area contributed by atoms with E-state index in [9.17, 15) is 9.59 Å². The van der Waals surface area contributed by atoms with Crippen molar-refractivity contribution in [2.45, 2.75) is 6.92 Å². The zero-order valence-electron chi connectivity index (χ0n) is 18.9. The molecule has 2 aromatic rings. The van der Waals surface area contributed by atoms with E-state index in [2.05, 4.69) is 13.2 Å². The second kappa shape index (κ2) is 14.7. The molecule has 0 heterocycles. The van der Waals surface area contributed by atoms with Gasteiger partial charge in [0.1, 0.15) is 37.9 Å². The van der Waals surface area contributed by atoms with Crippen molar-refractivity contribution >= 4 is 22.7 Å². The van der Waals surface area contributed by atoms with E-state index in [-0.39, 0.29) is 26.4 Å². The summed E-state index contributed by atoms with van der Waals surface area (Å²) < 4.78 is 32.5. The standard InChI is InChI=1S/C25H30O8/c1-4-23(26)31-15-11-28-10-14-30-22-18-19(3)25(21-9-7-6-8-20(21)22)33-17-13-29-12-16-32-24(27)5-2/h4-9,18H,1-2,10-17H2,3H3. The Morgan fingerprint density at radius 1 is 0.758 bits per heavy atom. The van der Waals surface area contributed by atoms with Crippen molar-refractivity contribution in [3.8, 4) is 11.5 Å². The van der Waals surface area contributed by atoms with Crippen molar-refractivity contribution in [2.24, 2.45) is 0 Å². The minimum absolute atomic E-state index is 0.169. The van der Waals surface area contributed by atoms with Crippen molar-refractivity contribution in [3.63, 3.8) is 0 Å². The van der Waals surface area contributed by atoms with Gasteiger partial charge < -0.3 is 28.4 Å². The van der Waals surface area contributed by atoms with Gasteiger partial charge in [-0.2, -0.15) is 0 Å². The van der Waals surface area contributed by atoms with Gasteiger partial charge in [-0.25, -0.2) is 9.59 Å². The number of carbonyl (C=O) groups is 2. The maximum absolute atomic E-state index is 11.0. The summed E-state index contributed by atoms with van der Waals surface area (Å²) in [5.74, 6) is 0.553. The van der Waals surface area contributed by atoms with E-state index in [0.29, 0.717) is 26.4 Å². The first-order valence-electron chi connectivity index (χ1n) is 10.6. The summed E-state index contributed by atoms with van der Waals surface area (Å²) >= 11 is 0. The molecule has 0 amide bonds. The highest BCUT2D eigenvalue weighted by Crippen LogP contribution is 2.36. The lowest BCUT2D eigenvalue weighted by molar-refractivity contribution is -0.140. The molecule has 0 N–H and O–H groups in total. The molecule has 0 aliphatic heterocycles. The average Bonchev–Trinajstić information content (AvgIpc) is 2.83. The van der Waals surface area contributed by atoms with Crippen LogP contribution in [0.2, 0.25) is 0 Å². The van der Waals surface area contributed by atoms with E-state index in [0.717, 1.165) is 40.0 Å². The largest absolute Gasteiger partial charge is 0.491 e. The van der Waals surface area contributed by atoms with Crippen LogP contribution in [0.15, 0.2) is 55.6 Å². The van der Waals surface area contributed by atoms with Gasteiger partial charge >= 0.3 is 11.9 Å². The molecule has 0 unspecified atom stereocenters. The fraction of sp³-hybridized carbons (Fsp3) is 0.360. The molecule has 8 heteroatoms. The number of carbonyl (C=O) groups excluding carboxylic acids is 2. The topological polar surface area (TPSA) is 89.5 Å². The molecule has 0 radical (unpaired) electrons. The number of esters is 2. The van der Waals surface area contributed by atoms with Crippen LogP contribution in [0.1, 0.15) is 5.56 Å². The first-order chi connectivity index (χ1) is 16.1. The number of hydrogen-bond acceptors (Lipinski definition) is 8. The van der Waals surface area contributed by atoms with Gasteiger partial charge in [0, 0.05) is 22.9 Å². The zero-order valence-corrected chi connectivity index (χ0v) is 18.9. The molecule has 0 saturated carbocycles. The fourth-order valence-corrected chi connectivity index (χ4v) is 2.90. The monoisotopic (exact) mass is 458 g/mol. The Balaban J connectivity index is 1.83. The molecule has 33 heavy (non-hydrogen) atoms. The second-order valence-corrected chi connectivity index (χ2v) is 6.73. The molecule has 0 aliphatic rings. The third-order valence-corrected chi connectivity index (χ3v) is 4.38. The number of ether oxygens (including phenoxy) is 6. The number of aryl methyl sites for hydroxylation is 1. The van der Waals surface area contributed by atoms with Crippen LogP contribution in [0.25, 0.3) is 10.8 Å². The Bertz CT molecular complexity index is 937. The molecule has 0 atom stereocenters. The molecule has 0 aromatic heterocycles. The SMILES string of the molecule is C=CC(=O)OCCOCCOc1cc(C)c(OCCOCCOC(=O)C=C)c2ccccc12. The van der Waals surface area contributed by atoms with Crippen LogP contribution in [-0.4, -0.2) is 64.8 Å². The van der Waals surface area contributed by atoms with Crippen molar-refractivity contribution in [3.05, 3.63) is 61.2 Å². The van der Waals surface area contributed by atoms with E-state index in [1.165, 1.54) is 0 Å². The molecule has 2 aromatic carbocycles. The quantitative estimate of drug-likeness (QED) is 0.215. The molecular formula is C25H30O8. The lowest BCUT2D eigenvalue weighted by Crippen LogP contribution is -2.13. The second-order valence-electron chi connectivity index (χ2n) is 6.73. The first kappa shape index (κ1) is 25.9. The molecule has 0 fully saturated rings. The van der Waals surface area contributed by atoms with E-state index in [4.69, 9.17) is 28.4 Å². The molecule has 0 bridgehead atoms. The predicted octanol–water partition coefficient (Wildman–Crippen LogP) is 3.40. The Morgan fingerprint density at radius 3 is 1.85 bits per heavy atom. The van der Waals surface area contributed by atoms with Crippen LogP contribution in [0.3, 0.4) is 0 Å². The number of rotatable bonds is 16. The number of benzene rings is 2. The summed E-state index contributed by atoms with van der Waals surface area (Å²) in [6.45, 7) is 10.9. The molecule has 0 aliphatic carbocycles. The Hall–Kier alpha value is -3.36. The summed E-state index contributed by atoms with van der Waals surface area (Å²) in [5.41, 5.74) is 0.931. The van der Waals surface area contributed by atoms with Gasteiger partial charge in [-0.1, -0.05) is 37.4 Å². The summed E-state index contributed by atoms with van der Waals surface area (Å²) in [6.07, 6.45) is 2.22. The third kappa shape index (κ3) is 8.96. The van der Waals surface area contributed by atoms with Crippen LogP contribution >= 0.6 is 0 Å². The van der Waals surface area contributed by atoms with Crippen molar-refractivity contribution in [2.75, 3.05) is 52.9 Å². The normalized spacial score (nSPS) is 10.5. The van der Waals surface area contributed by atoms with Gasteiger partial charge in [-0.05, 0) is 18.6 Å². The maximum atomic E-state index is 11.0. The fourth-order valence-electron chi connectivity index (χ4n) is 2.90. The smallest absolute Gasteiger partial charge is 0.330 e. The van der Waals surface area contributed by atoms with Crippen LogP contribution in [0.5, 0.6) is 11.5 Å². The molecule has 2 rings (SSSR count). The molecule has 0 saturated heterocycles. The highest BCUT2D eigenvalue weighted by molar-refractivity contribution is 5.94. The third-order valence-electron chi connectivity index (χ3n) is 4.38. The lowest BCUT2D eigenvalue weighted by atomic mass is 10.0. The van der Waals surface area contributed by atoms with E-state index < -0.39 is 11.9 Å². The van der Waals surface area contributed by atoms with Gasteiger partial charge in [0.15, 0.2) is 0 Å². The van der Waals surface area contributed by atoms with Gasteiger partial charge in [0.2, 0.25) is 0 Å². The average molecular weight is 459 g/mol. The van der Waals surface area contributed by atoms with Gasteiger partial charge in [0.05, 0.1) is 26.4 Å². The predicted molar refractivity (Wildman–Crippen MR) is 124 cm³/mol.